The maximum Gasteiger partial charge on any atom is 0.231 e. The van der Waals surface area contributed by atoms with Crippen molar-refractivity contribution >= 4 is 10.8 Å². The van der Waals surface area contributed by atoms with Crippen molar-refractivity contribution in [1.82, 2.24) is 0 Å². The van der Waals surface area contributed by atoms with Gasteiger partial charge in [0.25, 0.3) is 0 Å². The Hall–Kier alpha value is -3.73. The Labute approximate surface area is 205 Å². The Balaban J connectivity index is 1.46. The fraction of sp³-hybridized carbons (Fsp3) is 0.300. The average Bonchev–Trinajstić information content (AvgIpc) is 3.36. The van der Waals surface area contributed by atoms with Gasteiger partial charge < -0.3 is 18.9 Å². The average molecular weight is 469 g/mol. The third-order valence-electron chi connectivity index (χ3n) is 7.23. The summed E-state index contributed by atoms with van der Waals surface area (Å²) >= 11 is 0. The summed E-state index contributed by atoms with van der Waals surface area (Å²) in [5.41, 5.74) is 6.60. The third kappa shape index (κ3) is 3.85. The summed E-state index contributed by atoms with van der Waals surface area (Å²) in [5, 5.41) is 2.32. The highest BCUT2D eigenvalue weighted by molar-refractivity contribution is 5.95. The van der Waals surface area contributed by atoms with Crippen LogP contribution < -0.4 is 23.5 Å². The lowest BCUT2D eigenvalue weighted by Gasteiger charge is -2.21. The zero-order chi connectivity index (χ0) is 23.8. The zero-order valence-corrected chi connectivity index (χ0v) is 20.3. The number of hydrogen-bond donors (Lipinski definition) is 0. The number of nitrogens with zero attached hydrogens (tertiary/aromatic N) is 1. The Bertz CT molecular complexity index is 1400. The predicted molar refractivity (Wildman–Crippen MR) is 136 cm³/mol. The van der Waals surface area contributed by atoms with E-state index in [-0.39, 0.29) is 0 Å². The fourth-order valence-corrected chi connectivity index (χ4v) is 5.54. The lowest BCUT2D eigenvalue weighted by molar-refractivity contribution is -0.686. The molecule has 0 amide bonds. The van der Waals surface area contributed by atoms with Crippen molar-refractivity contribution in [3.63, 3.8) is 0 Å². The first-order valence-corrected chi connectivity index (χ1v) is 12.3. The Morgan fingerprint density at radius 2 is 1.66 bits per heavy atom. The number of aryl methyl sites for hydroxylation is 4. The van der Waals surface area contributed by atoms with E-state index in [1.165, 1.54) is 33.3 Å². The number of unbranched alkanes of at least 4 members (excludes halogenated alkanes) is 1. The summed E-state index contributed by atoms with van der Waals surface area (Å²) in [6.45, 7) is 1.20. The number of rotatable bonds is 7. The fourth-order valence-electron chi connectivity index (χ4n) is 5.54. The zero-order valence-electron chi connectivity index (χ0n) is 20.3. The SMILES string of the molecule is COc1ccc2c(CCCCc3ccccc3)c3[n+](cc2c1OC)CCc1cc2c(cc1-3)OCO2. The molecule has 5 nitrogen and oxygen atoms in total. The van der Waals surface area contributed by atoms with E-state index in [2.05, 4.69) is 59.3 Å². The maximum atomic E-state index is 5.83. The normalized spacial score (nSPS) is 13.4. The molecule has 0 spiro atoms. The molecule has 0 atom stereocenters. The van der Waals surface area contributed by atoms with Crippen LogP contribution >= 0.6 is 0 Å². The molecule has 35 heavy (non-hydrogen) atoms. The molecule has 0 fully saturated rings. The lowest BCUT2D eigenvalue weighted by Crippen LogP contribution is -2.41. The summed E-state index contributed by atoms with van der Waals surface area (Å²) in [7, 11) is 3.41. The molecule has 178 valence electrons. The number of pyridine rings is 1. The van der Waals surface area contributed by atoms with Crippen molar-refractivity contribution in [1.29, 1.82) is 0 Å². The summed E-state index contributed by atoms with van der Waals surface area (Å²) in [4.78, 5) is 0. The molecule has 2 aliphatic rings. The first-order chi connectivity index (χ1) is 17.3. The summed E-state index contributed by atoms with van der Waals surface area (Å²) in [6.07, 6.45) is 7.51. The molecule has 0 aliphatic carbocycles. The van der Waals surface area contributed by atoms with Gasteiger partial charge in [-0.2, -0.15) is 4.57 Å². The third-order valence-corrected chi connectivity index (χ3v) is 7.23. The molecule has 0 radical (unpaired) electrons. The standard InChI is InChI=1S/C30H30NO4/c1-32-26-13-12-22-23(11-7-6-10-20-8-4-3-5-9-20)29-24-17-28-27(34-19-35-28)16-21(24)14-15-31(29)18-25(22)30(26)33-2/h3-5,8-9,12-13,16-18H,6-7,10-11,14-15,19H2,1-2H3/q+1. The van der Waals surface area contributed by atoms with Crippen molar-refractivity contribution in [2.45, 2.75) is 38.6 Å². The number of methoxy groups -OCH3 is 2. The predicted octanol–water partition coefficient (Wildman–Crippen LogP) is 5.66. The molecule has 6 rings (SSSR count). The Morgan fingerprint density at radius 3 is 2.46 bits per heavy atom. The van der Waals surface area contributed by atoms with E-state index in [1.807, 2.05) is 6.07 Å². The summed E-state index contributed by atoms with van der Waals surface area (Å²) in [6, 6.07) is 19.3. The van der Waals surface area contributed by atoms with Gasteiger partial charge in [-0.1, -0.05) is 30.3 Å². The van der Waals surface area contributed by atoms with Gasteiger partial charge >= 0.3 is 0 Å². The molecule has 0 saturated carbocycles. The van der Waals surface area contributed by atoms with E-state index in [0.29, 0.717) is 6.79 Å². The molecule has 0 bridgehead atoms. The van der Waals surface area contributed by atoms with Gasteiger partial charge in [-0.25, -0.2) is 0 Å². The first-order valence-electron chi connectivity index (χ1n) is 12.3. The minimum atomic E-state index is 0.291. The highest BCUT2D eigenvalue weighted by Crippen LogP contribution is 2.43. The molecule has 2 aliphatic heterocycles. The van der Waals surface area contributed by atoms with Gasteiger partial charge in [-0.3, -0.25) is 0 Å². The second-order valence-electron chi connectivity index (χ2n) is 9.22. The minimum Gasteiger partial charge on any atom is -0.493 e. The van der Waals surface area contributed by atoms with Crippen molar-refractivity contribution in [3.05, 3.63) is 77.5 Å². The largest absolute Gasteiger partial charge is 0.493 e. The van der Waals surface area contributed by atoms with Crippen molar-refractivity contribution < 1.29 is 23.5 Å². The summed E-state index contributed by atoms with van der Waals surface area (Å²) in [5.74, 6) is 3.24. The van der Waals surface area contributed by atoms with Crippen molar-refractivity contribution in [3.8, 4) is 34.3 Å². The van der Waals surface area contributed by atoms with Gasteiger partial charge in [0, 0.05) is 17.4 Å². The molecule has 1 aromatic heterocycles. The van der Waals surface area contributed by atoms with Crippen LogP contribution in [0.5, 0.6) is 23.0 Å². The van der Waals surface area contributed by atoms with Crippen LogP contribution in [-0.2, 0) is 25.8 Å². The van der Waals surface area contributed by atoms with Crippen LogP contribution in [0.15, 0.2) is 60.8 Å². The van der Waals surface area contributed by atoms with Gasteiger partial charge in [0.1, 0.15) is 0 Å². The van der Waals surface area contributed by atoms with Gasteiger partial charge in [0.05, 0.1) is 25.2 Å². The molecule has 3 aromatic carbocycles. The molecular formula is C30H30NO4+. The highest BCUT2D eigenvalue weighted by atomic mass is 16.7. The number of hydrogen-bond acceptors (Lipinski definition) is 4. The van der Waals surface area contributed by atoms with Gasteiger partial charge in [-0.15, -0.1) is 0 Å². The van der Waals surface area contributed by atoms with Crippen LogP contribution in [0, 0.1) is 0 Å². The van der Waals surface area contributed by atoms with Crippen LogP contribution in [0.25, 0.3) is 22.0 Å². The van der Waals surface area contributed by atoms with E-state index >= 15 is 0 Å². The smallest absolute Gasteiger partial charge is 0.231 e. The van der Waals surface area contributed by atoms with E-state index in [0.717, 1.165) is 67.0 Å². The maximum absolute atomic E-state index is 5.83. The molecule has 4 aromatic rings. The lowest BCUT2D eigenvalue weighted by atomic mass is 9.89. The molecular weight excluding hydrogens is 438 g/mol. The number of aromatic nitrogens is 1. The highest BCUT2D eigenvalue weighted by Gasteiger charge is 2.32. The molecule has 3 heterocycles. The second kappa shape index (κ2) is 9.14. The van der Waals surface area contributed by atoms with E-state index in [9.17, 15) is 0 Å². The second-order valence-corrected chi connectivity index (χ2v) is 9.22. The van der Waals surface area contributed by atoms with Crippen LogP contribution in [-0.4, -0.2) is 21.0 Å². The first kappa shape index (κ1) is 21.8. The number of benzene rings is 3. The van der Waals surface area contributed by atoms with Gasteiger partial charge in [-0.05, 0) is 61.1 Å². The van der Waals surface area contributed by atoms with Gasteiger partial charge in [0.2, 0.25) is 12.5 Å². The van der Waals surface area contributed by atoms with Gasteiger partial charge in [0.15, 0.2) is 35.7 Å². The molecule has 0 N–H and O–H groups in total. The van der Waals surface area contributed by atoms with E-state index in [4.69, 9.17) is 18.9 Å². The molecule has 0 unspecified atom stereocenters. The number of ether oxygens (including phenoxy) is 4. The molecule has 0 saturated heterocycles. The van der Waals surface area contributed by atoms with Crippen LogP contribution in [0.1, 0.15) is 29.5 Å². The monoisotopic (exact) mass is 468 g/mol. The van der Waals surface area contributed by atoms with E-state index in [1.54, 1.807) is 14.2 Å². The summed E-state index contributed by atoms with van der Waals surface area (Å²) < 4.78 is 25.3. The van der Waals surface area contributed by atoms with Crippen LogP contribution in [0.3, 0.4) is 0 Å². The quantitative estimate of drug-likeness (QED) is 0.259. The number of fused-ring (bicyclic) bond motifs is 5. The Kier molecular flexibility index (Phi) is 5.69. The van der Waals surface area contributed by atoms with Crippen molar-refractivity contribution in [2.75, 3.05) is 21.0 Å². The topological polar surface area (TPSA) is 40.8 Å². The Morgan fingerprint density at radius 1 is 0.857 bits per heavy atom. The molecule has 5 heteroatoms. The van der Waals surface area contributed by atoms with Crippen molar-refractivity contribution in [2.24, 2.45) is 0 Å². The minimum absolute atomic E-state index is 0.291. The van der Waals surface area contributed by atoms with E-state index < -0.39 is 0 Å². The van der Waals surface area contributed by atoms with Crippen LogP contribution in [0.2, 0.25) is 0 Å². The van der Waals surface area contributed by atoms with Crippen LogP contribution in [0.4, 0.5) is 0 Å².